The van der Waals surface area contributed by atoms with Gasteiger partial charge in [0.05, 0.1) is 25.2 Å². The van der Waals surface area contributed by atoms with Crippen LogP contribution >= 0.6 is 7.82 Å². The summed E-state index contributed by atoms with van der Waals surface area (Å²) in [6.07, 6.45) is -4.49. The number of hydrogen-bond donors (Lipinski definition) is 1. The van der Waals surface area contributed by atoms with Crippen LogP contribution in [-0.2, 0) is 32.4 Å². The number of aromatic nitrogens is 2. The Morgan fingerprint density at radius 3 is 2.81 bits per heavy atom. The van der Waals surface area contributed by atoms with Gasteiger partial charge in [-0.3, -0.25) is 22.9 Å². The van der Waals surface area contributed by atoms with Crippen LogP contribution in [0.3, 0.4) is 0 Å². The summed E-state index contributed by atoms with van der Waals surface area (Å²) in [5.74, 6) is -4.92. The van der Waals surface area contributed by atoms with Crippen molar-refractivity contribution >= 4 is 19.6 Å². The molecular formula is C17H24F2N3O8P. The van der Waals surface area contributed by atoms with Crippen LogP contribution < -0.4 is 11.4 Å². The first kappa shape index (κ1) is 23.7. The van der Waals surface area contributed by atoms with Gasteiger partial charge in [-0.1, -0.05) is 6.92 Å². The second-order valence-corrected chi connectivity index (χ2v) is 9.14. The number of carbonyl (C=O) groups excluding carboxylic acids is 1. The summed E-state index contributed by atoms with van der Waals surface area (Å²) in [6, 6.07) is 1.17. The van der Waals surface area contributed by atoms with E-state index >= 15 is 0 Å². The van der Waals surface area contributed by atoms with E-state index in [2.05, 4.69) is 4.98 Å². The molecule has 0 bridgehead atoms. The minimum Gasteiger partial charge on any atom is -0.463 e. The highest BCUT2D eigenvalue weighted by molar-refractivity contribution is 7.48. The van der Waals surface area contributed by atoms with Crippen LogP contribution in [0, 0.1) is 5.92 Å². The predicted octanol–water partition coefficient (Wildman–Crippen LogP) is 1.88. The Hall–Kier alpha value is -1.92. The smallest absolute Gasteiger partial charge is 0.463 e. The van der Waals surface area contributed by atoms with Crippen LogP contribution in [-0.4, -0.2) is 53.0 Å². The van der Waals surface area contributed by atoms with Crippen molar-refractivity contribution in [3.8, 4) is 0 Å². The zero-order valence-electron chi connectivity index (χ0n) is 17.1. The van der Waals surface area contributed by atoms with E-state index in [1.807, 2.05) is 0 Å². The third-order valence-corrected chi connectivity index (χ3v) is 6.10. The molecule has 0 amide bonds. The van der Waals surface area contributed by atoms with E-state index in [0.717, 1.165) is 6.20 Å². The summed E-state index contributed by atoms with van der Waals surface area (Å²) < 4.78 is 68.6. The lowest BCUT2D eigenvalue weighted by Gasteiger charge is -2.31. The van der Waals surface area contributed by atoms with Crippen molar-refractivity contribution < 1.29 is 41.2 Å². The minimum absolute atomic E-state index is 0.110. The summed E-state index contributed by atoms with van der Waals surface area (Å²) in [5, 5.41) is 0. The molecule has 2 aliphatic rings. The number of carbonyl (C=O) groups is 1. The van der Waals surface area contributed by atoms with Crippen LogP contribution in [0.25, 0.3) is 0 Å². The van der Waals surface area contributed by atoms with Gasteiger partial charge in [0.1, 0.15) is 11.9 Å². The summed E-state index contributed by atoms with van der Waals surface area (Å²) in [7, 11) is -4.35. The molecule has 0 spiro atoms. The third-order valence-electron chi connectivity index (χ3n) is 4.65. The average molecular weight is 467 g/mol. The summed E-state index contributed by atoms with van der Waals surface area (Å²) in [4.78, 5) is 27.1. The Kier molecular flexibility index (Phi) is 6.82. The number of phosphoric acid groups is 1. The first-order valence-corrected chi connectivity index (χ1v) is 11.0. The zero-order valence-corrected chi connectivity index (χ0v) is 18.0. The fraction of sp³-hybridized carbons (Fsp3) is 0.706. The van der Waals surface area contributed by atoms with Gasteiger partial charge in [0.2, 0.25) is 6.23 Å². The van der Waals surface area contributed by atoms with Crippen LogP contribution in [0.1, 0.15) is 33.4 Å². The van der Waals surface area contributed by atoms with E-state index in [1.54, 1.807) is 20.8 Å². The quantitative estimate of drug-likeness (QED) is 0.467. The molecular weight excluding hydrogens is 443 g/mol. The van der Waals surface area contributed by atoms with Crippen molar-refractivity contribution in [3.63, 3.8) is 0 Å². The largest absolute Gasteiger partial charge is 0.475 e. The van der Waals surface area contributed by atoms with Crippen LogP contribution in [0.15, 0.2) is 17.1 Å². The van der Waals surface area contributed by atoms with E-state index in [1.165, 1.54) is 6.07 Å². The normalized spacial score (nSPS) is 30.7. The molecule has 31 heavy (non-hydrogen) atoms. The maximum Gasteiger partial charge on any atom is 0.475 e. The maximum absolute atomic E-state index is 15.0. The number of halogens is 2. The molecule has 0 aromatic carbocycles. The zero-order chi connectivity index (χ0) is 23.0. The second-order valence-electron chi connectivity index (χ2n) is 7.52. The number of esters is 1. The predicted molar refractivity (Wildman–Crippen MR) is 101 cm³/mol. The molecule has 3 heterocycles. The number of anilines is 1. The second kappa shape index (κ2) is 8.91. The summed E-state index contributed by atoms with van der Waals surface area (Å²) in [6.45, 7) is 4.23. The molecule has 2 saturated heterocycles. The number of nitrogens with two attached hydrogens (primary N) is 1. The first-order chi connectivity index (χ1) is 14.4. The van der Waals surface area contributed by atoms with Gasteiger partial charge in [0, 0.05) is 6.20 Å². The highest BCUT2D eigenvalue weighted by Crippen LogP contribution is 2.59. The maximum atomic E-state index is 15.0. The third kappa shape index (κ3) is 5.12. The van der Waals surface area contributed by atoms with Gasteiger partial charge in [-0.25, -0.2) is 9.36 Å². The molecule has 174 valence electrons. The van der Waals surface area contributed by atoms with Crippen LogP contribution in [0.5, 0.6) is 0 Å². The summed E-state index contributed by atoms with van der Waals surface area (Å²) in [5.41, 5.74) is 4.34. The van der Waals surface area contributed by atoms with Gasteiger partial charge in [-0.05, 0) is 26.3 Å². The Morgan fingerprint density at radius 2 is 2.16 bits per heavy atom. The van der Waals surface area contributed by atoms with Crippen molar-refractivity contribution in [3.05, 3.63) is 22.7 Å². The fourth-order valence-electron chi connectivity index (χ4n) is 3.05. The molecule has 2 aliphatic heterocycles. The van der Waals surface area contributed by atoms with Crippen molar-refractivity contribution in [1.82, 2.24) is 9.55 Å². The molecule has 14 heteroatoms. The number of fused-ring (bicyclic) bond motifs is 1. The molecule has 1 aromatic heterocycles. The van der Waals surface area contributed by atoms with Gasteiger partial charge >= 0.3 is 25.4 Å². The lowest BCUT2D eigenvalue weighted by Crippen LogP contribution is -2.45. The van der Waals surface area contributed by atoms with Gasteiger partial charge in [0.25, 0.3) is 0 Å². The number of hydrogen-bond acceptors (Lipinski definition) is 10. The SMILES string of the molecule is CC(C)OC(=O)[C@H](C)CCO[P@]1(=O)OC[C@H]2O[C@@H](n3ccc(N)nc3=O)C(F)(F)[C@@H]2O1. The van der Waals surface area contributed by atoms with Gasteiger partial charge < -0.3 is 15.2 Å². The van der Waals surface area contributed by atoms with E-state index in [0.29, 0.717) is 4.57 Å². The highest BCUT2D eigenvalue weighted by Gasteiger charge is 2.65. The Bertz CT molecular complexity index is 927. The van der Waals surface area contributed by atoms with Crippen LogP contribution in [0.4, 0.5) is 14.6 Å². The molecule has 0 unspecified atom stereocenters. The monoisotopic (exact) mass is 467 g/mol. The molecule has 0 saturated carbocycles. The number of rotatable bonds is 7. The van der Waals surface area contributed by atoms with E-state index < -0.39 is 56.4 Å². The number of ether oxygens (including phenoxy) is 2. The number of phosphoric ester groups is 1. The number of nitrogen functional groups attached to an aromatic ring is 1. The van der Waals surface area contributed by atoms with E-state index in [-0.39, 0.29) is 24.9 Å². The average Bonchev–Trinajstić information content (AvgIpc) is 2.91. The minimum atomic E-state index is -4.35. The molecule has 2 N–H and O–H groups in total. The Labute approximate surface area is 176 Å². The molecule has 3 rings (SSSR count). The lowest BCUT2D eigenvalue weighted by molar-refractivity contribution is -0.152. The molecule has 0 aliphatic carbocycles. The van der Waals surface area contributed by atoms with Crippen LogP contribution in [0.2, 0.25) is 0 Å². The van der Waals surface area contributed by atoms with E-state index in [4.69, 9.17) is 28.8 Å². The molecule has 0 radical (unpaired) electrons. The summed E-state index contributed by atoms with van der Waals surface area (Å²) >= 11 is 0. The van der Waals surface area contributed by atoms with Crippen molar-refractivity contribution in [2.24, 2.45) is 5.92 Å². The first-order valence-electron chi connectivity index (χ1n) is 9.59. The lowest BCUT2D eigenvalue weighted by atomic mass is 10.1. The van der Waals surface area contributed by atoms with Crippen molar-refractivity contribution in [1.29, 1.82) is 0 Å². The molecule has 2 fully saturated rings. The van der Waals surface area contributed by atoms with Crippen molar-refractivity contribution in [2.75, 3.05) is 18.9 Å². The van der Waals surface area contributed by atoms with Crippen molar-refractivity contribution in [2.45, 2.75) is 57.7 Å². The topological polar surface area (TPSA) is 141 Å². The van der Waals surface area contributed by atoms with Gasteiger partial charge in [-0.2, -0.15) is 13.8 Å². The molecule has 11 nitrogen and oxygen atoms in total. The molecule has 5 atom stereocenters. The highest BCUT2D eigenvalue weighted by atomic mass is 31.2. The van der Waals surface area contributed by atoms with E-state index in [9.17, 15) is 22.9 Å². The Balaban J connectivity index is 1.64. The standard InChI is InChI=1S/C17H24F2N3O8P/c1-9(2)28-14(23)10(3)5-7-26-31(25)27-8-11-13(30-31)17(18,19)15(29-11)22-6-4-12(20)21-16(22)24/h4,6,9-11,13,15H,5,7-8H2,1-3H3,(H2,20,21,24)/t10-,11-,13-,15-,31-/m1/s1. The molecule has 1 aromatic rings. The number of nitrogens with zero attached hydrogens (tertiary/aromatic N) is 2. The Morgan fingerprint density at radius 1 is 1.45 bits per heavy atom. The fourth-order valence-corrected chi connectivity index (χ4v) is 4.45. The van der Waals surface area contributed by atoms with Gasteiger partial charge in [-0.15, -0.1) is 0 Å². The van der Waals surface area contributed by atoms with Gasteiger partial charge in [0.15, 0.2) is 6.10 Å². The number of alkyl halides is 2.